The predicted molar refractivity (Wildman–Crippen MR) is 51.1 cm³/mol. The van der Waals surface area contributed by atoms with Crippen molar-refractivity contribution in [3.8, 4) is 0 Å². The summed E-state index contributed by atoms with van der Waals surface area (Å²) in [5.41, 5.74) is 0. The molecule has 0 aliphatic rings. The van der Waals surface area contributed by atoms with Crippen LogP contribution in [0.4, 0.5) is 0 Å². The Kier molecular flexibility index (Phi) is 8.95. The van der Waals surface area contributed by atoms with E-state index in [0.717, 1.165) is 12.8 Å². The molecule has 0 spiro atoms. The zero-order valence-electron chi connectivity index (χ0n) is 8.13. The van der Waals surface area contributed by atoms with E-state index in [0.29, 0.717) is 6.42 Å². The van der Waals surface area contributed by atoms with Gasteiger partial charge in [0.1, 0.15) is 0 Å². The van der Waals surface area contributed by atoms with E-state index in [1.807, 2.05) is 0 Å². The van der Waals surface area contributed by atoms with Crippen LogP contribution in [0.1, 0.15) is 51.9 Å². The molecule has 12 heavy (non-hydrogen) atoms. The van der Waals surface area contributed by atoms with Crippen LogP contribution in [0.5, 0.6) is 0 Å². The molecule has 0 heterocycles. The Morgan fingerprint density at radius 3 is 2.25 bits per heavy atom. The van der Waals surface area contributed by atoms with Crippen LogP contribution < -0.4 is 0 Å². The average molecular weight is 174 g/mol. The molecule has 0 rings (SSSR count). The van der Waals surface area contributed by atoms with Crippen molar-refractivity contribution in [2.45, 2.75) is 58.0 Å². The number of aliphatic hydroxyl groups excluding tert-OH is 2. The van der Waals surface area contributed by atoms with Crippen molar-refractivity contribution in [3.63, 3.8) is 0 Å². The Balaban J connectivity index is 2.97. The van der Waals surface area contributed by atoms with Gasteiger partial charge in [-0.15, -0.1) is 0 Å². The van der Waals surface area contributed by atoms with E-state index < -0.39 is 0 Å². The fourth-order valence-corrected chi connectivity index (χ4v) is 1.28. The molecule has 0 bridgehead atoms. The Morgan fingerprint density at radius 2 is 1.67 bits per heavy atom. The van der Waals surface area contributed by atoms with Crippen molar-refractivity contribution >= 4 is 0 Å². The SMILES string of the molecule is CCCCCCC[C@H](O)CCO. The van der Waals surface area contributed by atoms with Gasteiger partial charge in [0.25, 0.3) is 0 Å². The maximum Gasteiger partial charge on any atom is 0.0562 e. The highest BCUT2D eigenvalue weighted by atomic mass is 16.3. The van der Waals surface area contributed by atoms with E-state index >= 15 is 0 Å². The average Bonchev–Trinajstić information content (AvgIpc) is 2.05. The van der Waals surface area contributed by atoms with Crippen molar-refractivity contribution in [2.75, 3.05) is 6.61 Å². The summed E-state index contributed by atoms with van der Waals surface area (Å²) in [7, 11) is 0. The van der Waals surface area contributed by atoms with Crippen LogP contribution in [-0.2, 0) is 0 Å². The Morgan fingerprint density at radius 1 is 1.00 bits per heavy atom. The quantitative estimate of drug-likeness (QED) is 0.553. The second kappa shape index (κ2) is 9.01. The van der Waals surface area contributed by atoms with Crippen LogP contribution in [-0.4, -0.2) is 22.9 Å². The van der Waals surface area contributed by atoms with Gasteiger partial charge >= 0.3 is 0 Å². The first-order chi connectivity index (χ1) is 5.81. The molecule has 0 aromatic rings. The highest BCUT2D eigenvalue weighted by Gasteiger charge is 2.01. The second-order valence-corrected chi connectivity index (χ2v) is 3.37. The van der Waals surface area contributed by atoms with Gasteiger partial charge in [-0.05, 0) is 12.8 Å². The summed E-state index contributed by atoms with van der Waals surface area (Å²) in [6.45, 7) is 2.30. The minimum Gasteiger partial charge on any atom is -0.396 e. The van der Waals surface area contributed by atoms with E-state index in [1.54, 1.807) is 0 Å². The minimum absolute atomic E-state index is 0.107. The molecule has 2 heteroatoms. The summed E-state index contributed by atoms with van der Waals surface area (Å²) >= 11 is 0. The summed E-state index contributed by atoms with van der Waals surface area (Å²) < 4.78 is 0. The second-order valence-electron chi connectivity index (χ2n) is 3.37. The van der Waals surface area contributed by atoms with E-state index in [9.17, 15) is 5.11 Å². The zero-order chi connectivity index (χ0) is 9.23. The van der Waals surface area contributed by atoms with Gasteiger partial charge in [0.2, 0.25) is 0 Å². The summed E-state index contributed by atoms with van der Waals surface area (Å²) in [4.78, 5) is 0. The lowest BCUT2D eigenvalue weighted by atomic mass is 10.1. The smallest absolute Gasteiger partial charge is 0.0562 e. The summed E-state index contributed by atoms with van der Waals surface area (Å²) in [5, 5.41) is 17.8. The monoisotopic (exact) mass is 174 g/mol. The molecule has 0 radical (unpaired) electrons. The first-order valence-electron chi connectivity index (χ1n) is 5.10. The molecule has 0 aromatic carbocycles. The van der Waals surface area contributed by atoms with Crippen molar-refractivity contribution < 1.29 is 10.2 Å². The largest absolute Gasteiger partial charge is 0.396 e. The zero-order valence-corrected chi connectivity index (χ0v) is 8.13. The van der Waals surface area contributed by atoms with Gasteiger partial charge in [0.15, 0.2) is 0 Å². The van der Waals surface area contributed by atoms with E-state index in [2.05, 4.69) is 6.92 Å². The van der Waals surface area contributed by atoms with Gasteiger partial charge in [-0.25, -0.2) is 0 Å². The molecule has 2 N–H and O–H groups in total. The number of hydrogen-bond acceptors (Lipinski definition) is 2. The Labute approximate surface area is 75.6 Å². The lowest BCUT2D eigenvalue weighted by molar-refractivity contribution is 0.122. The molecule has 1 atom stereocenters. The Hall–Kier alpha value is -0.0800. The lowest BCUT2D eigenvalue weighted by Gasteiger charge is -2.07. The third-order valence-corrected chi connectivity index (χ3v) is 2.10. The summed E-state index contributed by atoms with van der Waals surface area (Å²) in [5.74, 6) is 0. The molecule has 0 saturated heterocycles. The fraction of sp³-hybridized carbons (Fsp3) is 1.00. The van der Waals surface area contributed by atoms with Crippen LogP contribution in [0.3, 0.4) is 0 Å². The van der Waals surface area contributed by atoms with Crippen molar-refractivity contribution in [2.24, 2.45) is 0 Å². The van der Waals surface area contributed by atoms with Gasteiger partial charge in [-0.1, -0.05) is 39.0 Å². The van der Waals surface area contributed by atoms with Gasteiger partial charge in [-0.3, -0.25) is 0 Å². The van der Waals surface area contributed by atoms with Crippen LogP contribution in [0, 0.1) is 0 Å². The maximum absolute atomic E-state index is 9.25. The lowest BCUT2D eigenvalue weighted by Crippen LogP contribution is -2.08. The number of hydrogen-bond donors (Lipinski definition) is 2. The molecule has 0 saturated carbocycles. The van der Waals surface area contributed by atoms with Crippen LogP contribution >= 0.6 is 0 Å². The molecule has 2 nitrogen and oxygen atoms in total. The van der Waals surface area contributed by atoms with E-state index in [1.165, 1.54) is 25.7 Å². The first kappa shape index (κ1) is 11.9. The standard InChI is InChI=1S/C10H22O2/c1-2-3-4-5-6-7-10(12)8-9-11/h10-12H,2-9H2,1H3/t10-/m0/s1. The molecular weight excluding hydrogens is 152 g/mol. The van der Waals surface area contributed by atoms with Crippen molar-refractivity contribution in [3.05, 3.63) is 0 Å². The molecular formula is C10H22O2. The summed E-state index contributed by atoms with van der Waals surface area (Å²) in [6.07, 6.45) is 7.27. The molecule has 0 amide bonds. The van der Waals surface area contributed by atoms with Gasteiger partial charge in [0, 0.05) is 6.61 Å². The number of aliphatic hydroxyl groups is 2. The number of unbranched alkanes of at least 4 members (excludes halogenated alkanes) is 4. The molecule has 0 aliphatic carbocycles. The van der Waals surface area contributed by atoms with Crippen LogP contribution in [0.25, 0.3) is 0 Å². The highest BCUT2D eigenvalue weighted by molar-refractivity contribution is 4.54. The van der Waals surface area contributed by atoms with Crippen LogP contribution in [0.2, 0.25) is 0 Å². The van der Waals surface area contributed by atoms with Crippen LogP contribution in [0.15, 0.2) is 0 Å². The fourth-order valence-electron chi connectivity index (χ4n) is 1.28. The summed E-state index contributed by atoms with van der Waals surface area (Å²) in [6, 6.07) is 0. The predicted octanol–water partition coefficient (Wildman–Crippen LogP) is 2.09. The van der Waals surface area contributed by atoms with E-state index in [4.69, 9.17) is 5.11 Å². The van der Waals surface area contributed by atoms with E-state index in [-0.39, 0.29) is 12.7 Å². The third kappa shape index (κ3) is 8.02. The van der Waals surface area contributed by atoms with Gasteiger partial charge in [-0.2, -0.15) is 0 Å². The highest BCUT2D eigenvalue weighted by Crippen LogP contribution is 2.08. The van der Waals surface area contributed by atoms with Gasteiger partial charge < -0.3 is 10.2 Å². The molecule has 74 valence electrons. The normalized spacial score (nSPS) is 13.2. The number of rotatable bonds is 8. The molecule has 0 unspecified atom stereocenters. The minimum atomic E-state index is -0.281. The molecule has 0 aliphatic heterocycles. The molecule has 0 aromatic heterocycles. The van der Waals surface area contributed by atoms with Gasteiger partial charge in [0.05, 0.1) is 6.10 Å². The van der Waals surface area contributed by atoms with Crippen molar-refractivity contribution in [1.29, 1.82) is 0 Å². The first-order valence-corrected chi connectivity index (χ1v) is 5.10. The molecule has 0 fully saturated rings. The van der Waals surface area contributed by atoms with Crippen molar-refractivity contribution in [1.82, 2.24) is 0 Å². The Bertz CT molecular complexity index is 83.9. The maximum atomic E-state index is 9.25. The third-order valence-electron chi connectivity index (χ3n) is 2.10. The topological polar surface area (TPSA) is 40.5 Å².